The zero-order valence-corrected chi connectivity index (χ0v) is 12.2. The summed E-state index contributed by atoms with van der Waals surface area (Å²) in [5, 5.41) is 0. The highest BCUT2D eigenvalue weighted by Gasteiger charge is 2.10. The molecule has 0 aromatic heterocycles. The van der Waals surface area contributed by atoms with Gasteiger partial charge in [-0.2, -0.15) is 0 Å². The average molecular weight is 262 g/mol. The van der Waals surface area contributed by atoms with E-state index in [9.17, 15) is 4.79 Å². The molecular formula is C17H26O2. The molecule has 0 saturated carbocycles. The quantitative estimate of drug-likeness (QED) is 0.476. The van der Waals surface area contributed by atoms with Gasteiger partial charge in [-0.25, -0.2) is 0 Å². The highest BCUT2D eigenvalue weighted by molar-refractivity contribution is 5.69. The number of esters is 1. The maximum absolute atomic E-state index is 11.5. The maximum Gasteiger partial charge on any atom is 0.305 e. The lowest BCUT2D eigenvalue weighted by Crippen LogP contribution is -2.06. The molecule has 0 spiro atoms. The molecular weight excluding hydrogens is 236 g/mol. The van der Waals surface area contributed by atoms with Crippen LogP contribution in [-0.4, -0.2) is 12.6 Å². The fourth-order valence-electron chi connectivity index (χ4n) is 2.23. The van der Waals surface area contributed by atoms with Crippen LogP contribution >= 0.6 is 0 Å². The number of ether oxygens (including phenoxy) is 1. The first-order valence-corrected chi connectivity index (χ1v) is 7.48. The number of hydrogen-bond acceptors (Lipinski definition) is 2. The number of unbranched alkanes of at least 4 members (excludes halogenated alkanes) is 1. The molecule has 1 aromatic rings. The Morgan fingerprint density at radius 2 is 1.89 bits per heavy atom. The van der Waals surface area contributed by atoms with Crippen LogP contribution in [0.15, 0.2) is 30.3 Å². The highest BCUT2D eigenvalue weighted by Crippen LogP contribution is 2.25. The van der Waals surface area contributed by atoms with E-state index in [4.69, 9.17) is 4.74 Å². The topological polar surface area (TPSA) is 26.3 Å². The maximum atomic E-state index is 11.5. The molecule has 1 unspecified atom stereocenters. The third-order valence-electron chi connectivity index (χ3n) is 3.46. The van der Waals surface area contributed by atoms with E-state index in [0.29, 0.717) is 18.9 Å². The predicted molar refractivity (Wildman–Crippen MR) is 79.2 cm³/mol. The number of hydrogen-bond donors (Lipinski definition) is 0. The van der Waals surface area contributed by atoms with Crippen LogP contribution in [0.1, 0.15) is 63.9 Å². The van der Waals surface area contributed by atoms with E-state index < -0.39 is 0 Å². The monoisotopic (exact) mass is 262 g/mol. The summed E-state index contributed by atoms with van der Waals surface area (Å²) in [6, 6.07) is 10.6. The molecule has 2 nitrogen and oxygen atoms in total. The molecule has 1 atom stereocenters. The largest absolute Gasteiger partial charge is 0.466 e. The third-order valence-corrected chi connectivity index (χ3v) is 3.46. The van der Waals surface area contributed by atoms with Crippen LogP contribution in [0.5, 0.6) is 0 Å². The second kappa shape index (κ2) is 9.60. The molecule has 0 aliphatic rings. The van der Waals surface area contributed by atoms with Crippen LogP contribution in [-0.2, 0) is 9.53 Å². The third kappa shape index (κ3) is 6.42. The van der Waals surface area contributed by atoms with Gasteiger partial charge in [-0.05, 0) is 37.2 Å². The Morgan fingerprint density at radius 3 is 2.53 bits per heavy atom. The lowest BCUT2D eigenvalue weighted by atomic mass is 9.91. The summed E-state index contributed by atoms with van der Waals surface area (Å²) in [5.41, 5.74) is 1.38. The van der Waals surface area contributed by atoms with E-state index >= 15 is 0 Å². The summed E-state index contributed by atoms with van der Waals surface area (Å²) < 4.78 is 5.16. The summed E-state index contributed by atoms with van der Waals surface area (Å²) >= 11 is 0. The molecule has 0 aliphatic heterocycles. The minimum atomic E-state index is -0.0450. The molecule has 19 heavy (non-hydrogen) atoms. The van der Waals surface area contributed by atoms with Gasteiger partial charge < -0.3 is 4.74 Å². The predicted octanol–water partition coefficient (Wildman–Crippen LogP) is 4.69. The van der Waals surface area contributed by atoms with Crippen molar-refractivity contribution in [2.24, 2.45) is 0 Å². The molecule has 106 valence electrons. The van der Waals surface area contributed by atoms with Gasteiger partial charge in [0, 0.05) is 6.42 Å². The van der Waals surface area contributed by atoms with Crippen molar-refractivity contribution in [3.05, 3.63) is 35.9 Å². The van der Waals surface area contributed by atoms with E-state index in [-0.39, 0.29) is 5.97 Å². The Hall–Kier alpha value is -1.31. The molecule has 2 heteroatoms. The summed E-state index contributed by atoms with van der Waals surface area (Å²) in [7, 11) is 0. The summed E-state index contributed by atoms with van der Waals surface area (Å²) in [4.78, 5) is 11.5. The van der Waals surface area contributed by atoms with Crippen molar-refractivity contribution in [2.75, 3.05) is 6.61 Å². The Kier molecular flexibility index (Phi) is 7.95. The van der Waals surface area contributed by atoms with Crippen LogP contribution in [0, 0.1) is 0 Å². The lowest BCUT2D eigenvalue weighted by molar-refractivity contribution is -0.143. The first kappa shape index (κ1) is 15.7. The lowest BCUT2D eigenvalue weighted by Gasteiger charge is -2.14. The van der Waals surface area contributed by atoms with Crippen LogP contribution in [0.2, 0.25) is 0 Å². The summed E-state index contributed by atoms with van der Waals surface area (Å²) in [6.07, 6.45) is 5.68. The van der Waals surface area contributed by atoms with Crippen LogP contribution in [0.3, 0.4) is 0 Å². The van der Waals surface area contributed by atoms with E-state index in [1.165, 1.54) is 5.56 Å². The molecule has 0 N–H and O–H groups in total. The highest BCUT2D eigenvalue weighted by atomic mass is 16.5. The standard InChI is InChI=1S/C17H26O2/c1-3-5-14-19-17(18)13-9-12-15(4-2)16-10-7-6-8-11-16/h6-8,10-11,15H,3-5,9,12-14H2,1-2H3. The van der Waals surface area contributed by atoms with Gasteiger partial charge in [0.15, 0.2) is 0 Å². The molecule has 1 aromatic carbocycles. The summed E-state index contributed by atoms with van der Waals surface area (Å²) in [5.74, 6) is 0.515. The second-order valence-corrected chi connectivity index (χ2v) is 4.98. The smallest absolute Gasteiger partial charge is 0.305 e. The van der Waals surface area contributed by atoms with Crippen LogP contribution in [0.25, 0.3) is 0 Å². The minimum absolute atomic E-state index is 0.0450. The van der Waals surface area contributed by atoms with E-state index in [1.807, 2.05) is 6.07 Å². The van der Waals surface area contributed by atoms with Gasteiger partial charge >= 0.3 is 5.97 Å². The number of rotatable bonds is 9. The number of carbonyl (C=O) groups is 1. The Morgan fingerprint density at radius 1 is 1.16 bits per heavy atom. The van der Waals surface area contributed by atoms with Crippen molar-refractivity contribution in [2.45, 2.75) is 58.3 Å². The first-order valence-electron chi connectivity index (χ1n) is 7.48. The Balaban J connectivity index is 2.25. The SMILES string of the molecule is CCCCOC(=O)CCCC(CC)c1ccccc1. The van der Waals surface area contributed by atoms with Crippen molar-refractivity contribution < 1.29 is 9.53 Å². The number of carbonyl (C=O) groups excluding carboxylic acids is 1. The molecule has 0 saturated heterocycles. The Labute approximate surface area is 117 Å². The van der Waals surface area contributed by atoms with Gasteiger partial charge in [0.1, 0.15) is 0 Å². The van der Waals surface area contributed by atoms with Gasteiger partial charge in [-0.15, -0.1) is 0 Å². The van der Waals surface area contributed by atoms with Gasteiger partial charge in [-0.3, -0.25) is 4.79 Å². The molecule has 0 radical (unpaired) electrons. The van der Waals surface area contributed by atoms with Crippen molar-refractivity contribution in [1.82, 2.24) is 0 Å². The zero-order chi connectivity index (χ0) is 13.9. The van der Waals surface area contributed by atoms with E-state index in [1.54, 1.807) is 0 Å². The van der Waals surface area contributed by atoms with Crippen LogP contribution < -0.4 is 0 Å². The summed E-state index contributed by atoms with van der Waals surface area (Å²) in [6.45, 7) is 4.88. The molecule has 0 amide bonds. The van der Waals surface area contributed by atoms with Gasteiger partial charge in [0.2, 0.25) is 0 Å². The van der Waals surface area contributed by atoms with Gasteiger partial charge in [0.05, 0.1) is 6.61 Å². The second-order valence-electron chi connectivity index (χ2n) is 4.98. The molecule has 0 fully saturated rings. The molecule has 0 aliphatic carbocycles. The molecule has 0 heterocycles. The van der Waals surface area contributed by atoms with E-state index in [2.05, 4.69) is 38.1 Å². The van der Waals surface area contributed by atoms with Crippen molar-refractivity contribution >= 4 is 5.97 Å². The normalized spacial score (nSPS) is 12.1. The first-order chi connectivity index (χ1) is 9.27. The van der Waals surface area contributed by atoms with Crippen molar-refractivity contribution in [3.63, 3.8) is 0 Å². The van der Waals surface area contributed by atoms with Crippen LogP contribution in [0.4, 0.5) is 0 Å². The van der Waals surface area contributed by atoms with Crippen molar-refractivity contribution in [1.29, 1.82) is 0 Å². The fourth-order valence-corrected chi connectivity index (χ4v) is 2.23. The zero-order valence-electron chi connectivity index (χ0n) is 12.2. The Bertz CT molecular complexity index is 346. The number of benzene rings is 1. The molecule has 0 bridgehead atoms. The van der Waals surface area contributed by atoms with Gasteiger partial charge in [-0.1, -0.05) is 50.6 Å². The average Bonchev–Trinajstić information content (AvgIpc) is 2.45. The van der Waals surface area contributed by atoms with E-state index in [0.717, 1.165) is 32.1 Å². The minimum Gasteiger partial charge on any atom is -0.466 e. The van der Waals surface area contributed by atoms with Gasteiger partial charge in [0.25, 0.3) is 0 Å². The fraction of sp³-hybridized carbons (Fsp3) is 0.588. The molecule has 1 rings (SSSR count). The van der Waals surface area contributed by atoms with Crippen molar-refractivity contribution in [3.8, 4) is 0 Å².